The van der Waals surface area contributed by atoms with Crippen LogP contribution in [-0.4, -0.2) is 29.7 Å². The molecule has 2 heterocycles. The van der Waals surface area contributed by atoms with Crippen molar-refractivity contribution in [1.29, 1.82) is 0 Å². The second-order valence-electron chi connectivity index (χ2n) is 9.24. The number of anilines is 1. The van der Waals surface area contributed by atoms with E-state index in [4.69, 9.17) is 14.2 Å². The van der Waals surface area contributed by atoms with Crippen molar-refractivity contribution in [3.63, 3.8) is 0 Å². The van der Waals surface area contributed by atoms with Gasteiger partial charge in [-0.1, -0.05) is 24.3 Å². The van der Waals surface area contributed by atoms with Crippen molar-refractivity contribution in [1.82, 2.24) is 0 Å². The molecule has 1 N–H and O–H groups in total. The number of ether oxygens (including phenoxy) is 3. The smallest absolute Gasteiger partial charge is 0.300 e. The zero-order chi connectivity index (χ0) is 25.6. The molecule has 1 atom stereocenters. The van der Waals surface area contributed by atoms with E-state index >= 15 is 0 Å². The van der Waals surface area contributed by atoms with Crippen LogP contribution in [0.25, 0.3) is 5.76 Å². The van der Waals surface area contributed by atoms with Gasteiger partial charge in [0.25, 0.3) is 11.7 Å². The highest BCUT2D eigenvalue weighted by Crippen LogP contribution is 2.45. The van der Waals surface area contributed by atoms with E-state index in [1.807, 2.05) is 52.0 Å². The first-order chi connectivity index (χ1) is 17.2. The van der Waals surface area contributed by atoms with Crippen LogP contribution < -0.4 is 19.1 Å². The number of carbonyl (C=O) groups is 2. The van der Waals surface area contributed by atoms with E-state index in [1.54, 1.807) is 36.4 Å². The van der Waals surface area contributed by atoms with Crippen LogP contribution in [0.1, 0.15) is 42.1 Å². The number of aliphatic hydroxyl groups is 1. The number of carbonyl (C=O) groups excluding carboxylic acids is 2. The van der Waals surface area contributed by atoms with E-state index < -0.39 is 17.7 Å². The summed E-state index contributed by atoms with van der Waals surface area (Å²) < 4.78 is 16.7. The number of ketones is 1. The molecule has 2 aliphatic heterocycles. The lowest BCUT2D eigenvalue weighted by Crippen LogP contribution is -2.29. The van der Waals surface area contributed by atoms with Gasteiger partial charge in [-0.25, -0.2) is 0 Å². The number of nitrogens with zero attached hydrogens (tertiary/aromatic N) is 1. The molecule has 0 bridgehead atoms. The number of Topliss-reactive ketones (excluding diaryl/α,β-unsaturated/α-hetero) is 1. The fraction of sp³-hybridized carbons (Fsp3) is 0.241. The van der Waals surface area contributed by atoms with Crippen molar-refractivity contribution < 1.29 is 28.9 Å². The zero-order valence-electron chi connectivity index (χ0n) is 20.6. The first-order valence-corrected chi connectivity index (χ1v) is 11.8. The molecule has 1 fully saturated rings. The average molecular weight is 486 g/mol. The van der Waals surface area contributed by atoms with Gasteiger partial charge < -0.3 is 19.3 Å². The normalized spacial score (nSPS) is 18.2. The molecule has 0 radical (unpaired) electrons. The third kappa shape index (κ3) is 4.06. The summed E-state index contributed by atoms with van der Waals surface area (Å²) in [5.41, 5.74) is 3.66. The van der Waals surface area contributed by atoms with Crippen molar-refractivity contribution in [2.24, 2.45) is 0 Å². The molecular formula is C29H27NO6. The molecule has 1 saturated heterocycles. The van der Waals surface area contributed by atoms with E-state index in [2.05, 4.69) is 0 Å². The minimum atomic E-state index is -0.847. The van der Waals surface area contributed by atoms with E-state index in [1.165, 1.54) is 4.90 Å². The molecule has 7 heteroatoms. The Hall–Kier alpha value is -4.26. The number of aryl methyl sites for hydroxylation is 2. The van der Waals surface area contributed by atoms with Gasteiger partial charge in [0.15, 0.2) is 11.5 Å². The number of amides is 1. The van der Waals surface area contributed by atoms with Crippen LogP contribution in [-0.2, 0) is 9.59 Å². The Balaban J connectivity index is 1.67. The summed E-state index contributed by atoms with van der Waals surface area (Å²) in [6.45, 7) is 7.87. The van der Waals surface area contributed by atoms with Gasteiger partial charge in [-0.2, -0.15) is 0 Å². The molecule has 1 unspecified atom stereocenters. The molecule has 5 rings (SSSR count). The molecule has 0 saturated carbocycles. The molecule has 0 aromatic heterocycles. The Bertz CT molecular complexity index is 1390. The summed E-state index contributed by atoms with van der Waals surface area (Å²) in [6.07, 6.45) is -0.0000967. The number of hydrogen-bond donors (Lipinski definition) is 1. The van der Waals surface area contributed by atoms with E-state index in [0.29, 0.717) is 34.1 Å². The van der Waals surface area contributed by atoms with Gasteiger partial charge in [-0.15, -0.1) is 0 Å². The first kappa shape index (κ1) is 23.5. The van der Waals surface area contributed by atoms with E-state index in [9.17, 15) is 14.7 Å². The van der Waals surface area contributed by atoms with Crippen LogP contribution >= 0.6 is 0 Å². The van der Waals surface area contributed by atoms with Crippen LogP contribution in [0.3, 0.4) is 0 Å². The van der Waals surface area contributed by atoms with E-state index in [-0.39, 0.29) is 24.2 Å². The summed E-state index contributed by atoms with van der Waals surface area (Å²) in [7, 11) is 0. The minimum absolute atomic E-state index is 0.0000967. The monoisotopic (exact) mass is 485 g/mol. The molecule has 36 heavy (non-hydrogen) atoms. The van der Waals surface area contributed by atoms with Gasteiger partial charge in [-0.3, -0.25) is 14.5 Å². The fourth-order valence-corrected chi connectivity index (χ4v) is 4.49. The van der Waals surface area contributed by atoms with Gasteiger partial charge in [-0.05, 0) is 74.7 Å². The van der Waals surface area contributed by atoms with Crippen molar-refractivity contribution in [2.75, 3.05) is 11.7 Å². The van der Waals surface area contributed by atoms with Crippen molar-refractivity contribution >= 4 is 23.1 Å². The molecule has 7 nitrogen and oxygen atoms in total. The molecule has 0 spiro atoms. The van der Waals surface area contributed by atoms with Crippen LogP contribution in [0.4, 0.5) is 5.69 Å². The maximum atomic E-state index is 13.4. The van der Waals surface area contributed by atoms with Gasteiger partial charge in [0.05, 0.1) is 17.7 Å². The fourth-order valence-electron chi connectivity index (χ4n) is 4.49. The largest absolute Gasteiger partial charge is 0.507 e. The topological polar surface area (TPSA) is 85.3 Å². The summed E-state index contributed by atoms with van der Waals surface area (Å²) in [6, 6.07) is 16.9. The number of rotatable bonds is 5. The molecule has 1 amide bonds. The van der Waals surface area contributed by atoms with Crippen molar-refractivity contribution in [2.45, 2.75) is 39.8 Å². The molecule has 2 aliphatic rings. The number of fused-ring (bicyclic) bond motifs is 1. The maximum Gasteiger partial charge on any atom is 0.300 e. The SMILES string of the molecule is Cc1ccc(/C(O)=C2\C(=O)C(=O)N(c3ccc4c(c3)OCO4)C2c2ccc(OC(C)C)cc2)cc1C. The Morgan fingerprint density at radius 2 is 1.67 bits per heavy atom. The summed E-state index contributed by atoms with van der Waals surface area (Å²) in [5.74, 6) is 0.0259. The highest BCUT2D eigenvalue weighted by atomic mass is 16.7. The lowest BCUT2D eigenvalue weighted by Gasteiger charge is -2.26. The minimum Gasteiger partial charge on any atom is -0.507 e. The standard InChI is InChI=1S/C29H27NO6/c1-16(2)36-22-10-7-19(8-11-22)26-25(27(31)20-6-5-17(3)18(4)13-20)28(32)29(33)30(26)21-9-12-23-24(14-21)35-15-34-23/h5-14,16,26,31H,15H2,1-4H3/b27-25+. The van der Waals surface area contributed by atoms with Crippen LogP contribution in [0.15, 0.2) is 66.2 Å². The Morgan fingerprint density at radius 1 is 0.944 bits per heavy atom. The quantitative estimate of drug-likeness (QED) is 0.294. The molecule has 3 aromatic rings. The summed E-state index contributed by atoms with van der Waals surface area (Å²) in [5, 5.41) is 11.4. The van der Waals surface area contributed by atoms with Crippen LogP contribution in [0.2, 0.25) is 0 Å². The molecule has 3 aromatic carbocycles. The number of benzene rings is 3. The predicted octanol–water partition coefficient (Wildman–Crippen LogP) is 5.45. The highest BCUT2D eigenvalue weighted by molar-refractivity contribution is 6.51. The predicted molar refractivity (Wildman–Crippen MR) is 135 cm³/mol. The Labute approximate surface area is 209 Å². The van der Waals surface area contributed by atoms with Crippen LogP contribution in [0.5, 0.6) is 17.2 Å². The second kappa shape index (κ2) is 9.07. The van der Waals surface area contributed by atoms with Gasteiger partial charge in [0.1, 0.15) is 11.5 Å². The number of aliphatic hydroxyl groups excluding tert-OH is 1. The molecule has 184 valence electrons. The van der Waals surface area contributed by atoms with Gasteiger partial charge >= 0.3 is 0 Å². The lowest BCUT2D eigenvalue weighted by molar-refractivity contribution is -0.132. The third-order valence-corrected chi connectivity index (χ3v) is 6.43. The second-order valence-corrected chi connectivity index (χ2v) is 9.24. The third-order valence-electron chi connectivity index (χ3n) is 6.43. The zero-order valence-corrected chi connectivity index (χ0v) is 20.6. The molecule has 0 aliphatic carbocycles. The van der Waals surface area contributed by atoms with Gasteiger partial charge in [0.2, 0.25) is 6.79 Å². The molecular weight excluding hydrogens is 458 g/mol. The average Bonchev–Trinajstić information content (AvgIpc) is 3.42. The van der Waals surface area contributed by atoms with E-state index in [0.717, 1.165) is 11.1 Å². The van der Waals surface area contributed by atoms with Crippen LogP contribution in [0, 0.1) is 13.8 Å². The van der Waals surface area contributed by atoms with Crippen molar-refractivity contribution in [3.05, 3.63) is 88.5 Å². The summed E-state index contributed by atoms with van der Waals surface area (Å²) >= 11 is 0. The number of hydrogen-bond acceptors (Lipinski definition) is 6. The Kier molecular flexibility index (Phi) is 5.92. The Morgan fingerprint density at radius 3 is 2.36 bits per heavy atom. The van der Waals surface area contributed by atoms with Crippen molar-refractivity contribution in [3.8, 4) is 17.2 Å². The first-order valence-electron chi connectivity index (χ1n) is 11.8. The maximum absolute atomic E-state index is 13.4. The van der Waals surface area contributed by atoms with Gasteiger partial charge in [0, 0.05) is 17.3 Å². The lowest BCUT2D eigenvalue weighted by atomic mass is 9.94. The summed E-state index contributed by atoms with van der Waals surface area (Å²) in [4.78, 5) is 28.2. The highest BCUT2D eigenvalue weighted by Gasteiger charge is 2.47.